The van der Waals surface area contributed by atoms with Crippen LogP contribution in [0.1, 0.15) is 32.1 Å². The molecule has 2 rings (SSSR count). The number of hydrogen-bond donors (Lipinski definition) is 3. The van der Waals surface area contributed by atoms with Crippen LogP contribution >= 0.6 is 12.2 Å². The first kappa shape index (κ1) is 12.1. The monoisotopic (exact) mass is 250 g/mol. The zero-order valence-electron chi connectivity index (χ0n) is 9.78. The summed E-state index contributed by atoms with van der Waals surface area (Å²) in [6.07, 6.45) is 9.67. The molecule has 0 unspecified atom stereocenters. The molecule has 4 nitrogen and oxygen atoms in total. The maximum atomic E-state index is 5.65. The molecule has 1 aliphatic rings. The Morgan fingerprint density at radius 2 is 2.06 bits per heavy atom. The van der Waals surface area contributed by atoms with Gasteiger partial charge in [-0.1, -0.05) is 19.3 Å². The van der Waals surface area contributed by atoms with Crippen LogP contribution in [-0.2, 0) is 0 Å². The Morgan fingerprint density at radius 1 is 1.29 bits per heavy atom. The van der Waals surface area contributed by atoms with Gasteiger partial charge in [-0.25, -0.2) is 0 Å². The highest BCUT2D eigenvalue weighted by atomic mass is 32.1. The van der Waals surface area contributed by atoms with Crippen molar-refractivity contribution in [3.05, 3.63) is 18.5 Å². The predicted molar refractivity (Wildman–Crippen MR) is 74.9 cm³/mol. The molecule has 0 radical (unpaired) electrons. The Balaban J connectivity index is 1.84. The lowest BCUT2D eigenvalue weighted by molar-refractivity contribution is 0.415. The molecule has 1 aromatic heterocycles. The first-order valence-corrected chi connectivity index (χ1v) is 6.43. The Hall–Kier alpha value is -1.36. The fraction of sp³-hybridized carbons (Fsp3) is 0.500. The third-order valence-corrected chi connectivity index (χ3v) is 3.18. The van der Waals surface area contributed by atoms with E-state index >= 15 is 0 Å². The Morgan fingerprint density at radius 3 is 2.76 bits per heavy atom. The molecule has 17 heavy (non-hydrogen) atoms. The van der Waals surface area contributed by atoms with Crippen LogP contribution in [0.2, 0.25) is 0 Å². The second-order valence-electron chi connectivity index (χ2n) is 4.44. The van der Waals surface area contributed by atoms with Crippen molar-refractivity contribution in [1.82, 2.24) is 10.3 Å². The van der Waals surface area contributed by atoms with Crippen molar-refractivity contribution in [3.63, 3.8) is 0 Å². The highest BCUT2D eigenvalue weighted by molar-refractivity contribution is 7.80. The third-order valence-electron chi connectivity index (χ3n) is 2.96. The number of nitrogen functional groups attached to an aromatic ring is 1. The van der Waals surface area contributed by atoms with E-state index in [4.69, 9.17) is 18.0 Å². The Labute approximate surface area is 107 Å². The molecule has 4 N–H and O–H groups in total. The van der Waals surface area contributed by atoms with Gasteiger partial charge in [-0.2, -0.15) is 0 Å². The van der Waals surface area contributed by atoms with Gasteiger partial charge in [0.1, 0.15) is 0 Å². The van der Waals surface area contributed by atoms with Crippen molar-refractivity contribution in [1.29, 1.82) is 0 Å². The smallest absolute Gasteiger partial charge is 0.171 e. The minimum Gasteiger partial charge on any atom is -0.397 e. The fourth-order valence-electron chi connectivity index (χ4n) is 2.13. The van der Waals surface area contributed by atoms with Gasteiger partial charge in [-0.15, -0.1) is 0 Å². The summed E-state index contributed by atoms with van der Waals surface area (Å²) < 4.78 is 0. The summed E-state index contributed by atoms with van der Waals surface area (Å²) in [6, 6.07) is 2.33. The van der Waals surface area contributed by atoms with Gasteiger partial charge < -0.3 is 16.4 Å². The number of nitrogens with two attached hydrogens (primary N) is 1. The van der Waals surface area contributed by atoms with E-state index in [0.29, 0.717) is 16.8 Å². The highest BCUT2D eigenvalue weighted by Crippen LogP contribution is 2.17. The molecule has 1 heterocycles. The van der Waals surface area contributed by atoms with Crippen LogP contribution in [0.3, 0.4) is 0 Å². The summed E-state index contributed by atoms with van der Waals surface area (Å²) in [5, 5.41) is 7.10. The number of nitrogens with one attached hydrogen (secondary N) is 2. The minimum absolute atomic E-state index is 0.512. The zero-order valence-corrected chi connectivity index (χ0v) is 10.6. The van der Waals surface area contributed by atoms with E-state index in [1.165, 1.54) is 32.1 Å². The summed E-state index contributed by atoms with van der Waals surface area (Å²) in [5.74, 6) is 0. The maximum Gasteiger partial charge on any atom is 0.171 e. The summed E-state index contributed by atoms with van der Waals surface area (Å²) in [5.41, 5.74) is 7.12. The number of rotatable bonds is 2. The average molecular weight is 250 g/mol. The number of hydrogen-bond acceptors (Lipinski definition) is 3. The van der Waals surface area contributed by atoms with Crippen LogP contribution in [0.15, 0.2) is 18.5 Å². The van der Waals surface area contributed by atoms with Gasteiger partial charge in [-0.05, 0) is 31.1 Å². The van der Waals surface area contributed by atoms with Crippen molar-refractivity contribution in [3.8, 4) is 0 Å². The molecule has 0 spiro atoms. The Bertz CT molecular complexity index is 388. The fourth-order valence-corrected chi connectivity index (χ4v) is 2.41. The molecule has 1 aromatic rings. The number of aromatic nitrogens is 1. The molecule has 0 aromatic carbocycles. The van der Waals surface area contributed by atoms with Crippen molar-refractivity contribution in [2.45, 2.75) is 38.1 Å². The summed E-state index contributed by atoms with van der Waals surface area (Å²) >= 11 is 5.27. The normalized spacial score (nSPS) is 16.5. The van der Waals surface area contributed by atoms with E-state index in [1.807, 2.05) is 6.07 Å². The maximum absolute atomic E-state index is 5.65. The predicted octanol–water partition coefficient (Wildman–Crippen LogP) is 2.28. The van der Waals surface area contributed by atoms with E-state index < -0.39 is 0 Å². The molecule has 0 atom stereocenters. The molecule has 0 saturated heterocycles. The van der Waals surface area contributed by atoms with Gasteiger partial charge in [0.25, 0.3) is 0 Å². The van der Waals surface area contributed by atoms with Crippen LogP contribution in [0.4, 0.5) is 11.4 Å². The number of anilines is 2. The second kappa shape index (κ2) is 5.82. The first-order valence-electron chi connectivity index (χ1n) is 6.02. The van der Waals surface area contributed by atoms with Crippen LogP contribution in [0, 0.1) is 0 Å². The van der Waals surface area contributed by atoms with Gasteiger partial charge in [0, 0.05) is 12.2 Å². The minimum atomic E-state index is 0.512. The molecule has 0 bridgehead atoms. The van der Waals surface area contributed by atoms with Gasteiger partial charge in [-0.3, -0.25) is 4.98 Å². The van der Waals surface area contributed by atoms with E-state index in [2.05, 4.69) is 15.6 Å². The van der Waals surface area contributed by atoms with Gasteiger partial charge in [0.05, 0.1) is 17.6 Å². The molecule has 0 amide bonds. The SMILES string of the molecule is Nc1cncc(NC(=S)NC2CCCCC2)c1. The molecule has 92 valence electrons. The van der Waals surface area contributed by atoms with E-state index in [9.17, 15) is 0 Å². The third kappa shape index (κ3) is 3.85. The van der Waals surface area contributed by atoms with Crippen LogP contribution < -0.4 is 16.4 Å². The van der Waals surface area contributed by atoms with E-state index in [1.54, 1.807) is 12.4 Å². The van der Waals surface area contributed by atoms with Crippen molar-refractivity contribution >= 4 is 28.7 Å². The molecular formula is C12H18N4S. The molecule has 5 heteroatoms. The number of nitrogens with zero attached hydrogens (tertiary/aromatic N) is 1. The average Bonchev–Trinajstić information content (AvgIpc) is 2.30. The van der Waals surface area contributed by atoms with E-state index in [-0.39, 0.29) is 0 Å². The molecule has 1 fully saturated rings. The van der Waals surface area contributed by atoms with Gasteiger partial charge in [0.15, 0.2) is 5.11 Å². The molecular weight excluding hydrogens is 232 g/mol. The van der Waals surface area contributed by atoms with E-state index in [0.717, 1.165) is 5.69 Å². The number of thiocarbonyl (C=S) groups is 1. The zero-order chi connectivity index (χ0) is 12.1. The number of pyridine rings is 1. The highest BCUT2D eigenvalue weighted by Gasteiger charge is 2.13. The molecule has 1 saturated carbocycles. The van der Waals surface area contributed by atoms with Crippen molar-refractivity contribution in [2.24, 2.45) is 0 Å². The summed E-state index contributed by atoms with van der Waals surface area (Å²) in [6.45, 7) is 0. The van der Waals surface area contributed by atoms with Crippen molar-refractivity contribution in [2.75, 3.05) is 11.1 Å². The first-order chi connectivity index (χ1) is 8.24. The molecule has 1 aliphatic carbocycles. The van der Waals surface area contributed by atoms with Crippen LogP contribution in [0.5, 0.6) is 0 Å². The lowest BCUT2D eigenvalue weighted by atomic mass is 9.96. The summed E-state index contributed by atoms with van der Waals surface area (Å²) in [4.78, 5) is 4.01. The largest absolute Gasteiger partial charge is 0.397 e. The second-order valence-corrected chi connectivity index (χ2v) is 4.85. The van der Waals surface area contributed by atoms with Gasteiger partial charge in [0.2, 0.25) is 0 Å². The van der Waals surface area contributed by atoms with Gasteiger partial charge >= 0.3 is 0 Å². The summed E-state index contributed by atoms with van der Waals surface area (Å²) in [7, 11) is 0. The van der Waals surface area contributed by atoms with Crippen molar-refractivity contribution < 1.29 is 0 Å². The Kier molecular flexibility index (Phi) is 4.14. The lowest BCUT2D eigenvalue weighted by Gasteiger charge is -2.24. The topological polar surface area (TPSA) is 63.0 Å². The standard InChI is InChI=1S/C12H18N4S/c13-9-6-11(8-14-7-9)16-12(17)15-10-4-2-1-3-5-10/h6-8,10H,1-5,13H2,(H2,15,16,17). The lowest BCUT2D eigenvalue weighted by Crippen LogP contribution is -2.38. The van der Waals surface area contributed by atoms with Crippen LogP contribution in [0.25, 0.3) is 0 Å². The quantitative estimate of drug-likeness (QED) is 0.703. The molecule has 0 aliphatic heterocycles. The van der Waals surface area contributed by atoms with Crippen LogP contribution in [-0.4, -0.2) is 16.1 Å².